The van der Waals surface area contributed by atoms with Crippen LogP contribution in [-0.2, 0) is 11.2 Å². The van der Waals surface area contributed by atoms with Crippen molar-refractivity contribution in [3.05, 3.63) is 92.4 Å². The van der Waals surface area contributed by atoms with Crippen LogP contribution in [0, 0.1) is 0 Å². The number of rotatable bonds is 3. The second-order valence-electron chi connectivity index (χ2n) is 7.59. The van der Waals surface area contributed by atoms with Crippen LogP contribution in [-0.4, -0.2) is 18.2 Å². The maximum atomic E-state index is 13.5. The lowest BCUT2D eigenvalue weighted by Gasteiger charge is -2.25. The van der Waals surface area contributed by atoms with Gasteiger partial charge in [-0.3, -0.25) is 9.80 Å². The lowest BCUT2D eigenvalue weighted by atomic mass is 10.0. The number of nitrogens with zero attached hydrogens (tertiary/aromatic N) is 3. The zero-order valence-electron chi connectivity index (χ0n) is 16.4. The lowest BCUT2D eigenvalue weighted by Crippen LogP contribution is -2.34. The van der Waals surface area contributed by atoms with Crippen LogP contribution in [0.2, 0.25) is 10.0 Å². The molecule has 1 amide bonds. The first-order valence-electron chi connectivity index (χ1n) is 9.98. The van der Waals surface area contributed by atoms with Crippen LogP contribution in [0.15, 0.2) is 76.3 Å². The molecule has 1 unspecified atom stereocenters. The van der Waals surface area contributed by atoms with Gasteiger partial charge in [0.2, 0.25) is 0 Å². The summed E-state index contributed by atoms with van der Waals surface area (Å²) in [5.41, 5.74) is 4.47. The fourth-order valence-electron chi connectivity index (χ4n) is 4.18. The molecule has 1 atom stereocenters. The molecule has 3 aromatic rings. The molecule has 0 aliphatic carbocycles. The molecule has 0 N–H and O–H groups in total. The molecule has 0 radical (unpaired) electrons. The minimum atomic E-state index is -0.136. The van der Waals surface area contributed by atoms with E-state index in [4.69, 9.17) is 28.3 Å². The van der Waals surface area contributed by atoms with Crippen LogP contribution in [0.5, 0.6) is 0 Å². The summed E-state index contributed by atoms with van der Waals surface area (Å²) in [7, 11) is 0. The molecular formula is C24H18BrCl2N3O. The molecule has 31 heavy (non-hydrogen) atoms. The molecule has 2 aliphatic rings. The Bertz CT molecular complexity index is 1200. The van der Waals surface area contributed by atoms with E-state index in [9.17, 15) is 4.79 Å². The van der Waals surface area contributed by atoms with Crippen LogP contribution < -0.4 is 9.91 Å². The number of fused-ring (bicyclic) bond motifs is 1. The third-order valence-electron chi connectivity index (χ3n) is 5.70. The Hall–Kier alpha value is -2.34. The fourth-order valence-corrected chi connectivity index (χ4v) is 4.94. The van der Waals surface area contributed by atoms with Gasteiger partial charge in [0.1, 0.15) is 5.71 Å². The quantitative estimate of drug-likeness (QED) is 0.392. The summed E-state index contributed by atoms with van der Waals surface area (Å²) in [5.74, 6) is -0.0559. The van der Waals surface area contributed by atoms with E-state index >= 15 is 0 Å². The lowest BCUT2D eigenvalue weighted by molar-refractivity contribution is -0.112. The summed E-state index contributed by atoms with van der Waals surface area (Å²) < 4.78 is 0.996. The van der Waals surface area contributed by atoms with Crippen molar-refractivity contribution in [2.45, 2.75) is 18.9 Å². The Kier molecular flexibility index (Phi) is 5.51. The Labute approximate surface area is 199 Å². The molecule has 2 aliphatic heterocycles. The Balaban J connectivity index is 1.52. The monoisotopic (exact) mass is 513 g/mol. The van der Waals surface area contributed by atoms with Gasteiger partial charge in [-0.15, -0.1) is 0 Å². The highest BCUT2D eigenvalue weighted by Gasteiger charge is 2.36. The summed E-state index contributed by atoms with van der Waals surface area (Å²) in [6.07, 6.45) is 1.36. The zero-order chi connectivity index (χ0) is 21.5. The minimum Gasteiger partial charge on any atom is -0.307 e. The summed E-state index contributed by atoms with van der Waals surface area (Å²) in [5, 5.41) is 7.67. The maximum absolute atomic E-state index is 13.5. The Morgan fingerprint density at radius 1 is 1.00 bits per heavy atom. The molecule has 0 saturated heterocycles. The van der Waals surface area contributed by atoms with E-state index in [1.807, 2.05) is 58.4 Å². The molecule has 2 heterocycles. The van der Waals surface area contributed by atoms with E-state index in [2.05, 4.69) is 22.0 Å². The Morgan fingerprint density at radius 2 is 1.77 bits per heavy atom. The highest BCUT2D eigenvalue weighted by atomic mass is 79.9. The predicted molar refractivity (Wildman–Crippen MR) is 130 cm³/mol. The van der Waals surface area contributed by atoms with Crippen molar-refractivity contribution in [3.63, 3.8) is 0 Å². The summed E-state index contributed by atoms with van der Waals surface area (Å²) in [6.45, 7) is 0.669. The molecule has 7 heteroatoms. The number of carbonyl (C=O) groups excluding carboxylic acids is 1. The van der Waals surface area contributed by atoms with E-state index in [1.54, 1.807) is 12.1 Å². The smallest absolute Gasteiger partial charge is 0.274 e. The van der Waals surface area contributed by atoms with Crippen LogP contribution in [0.4, 0.5) is 11.4 Å². The number of amides is 1. The number of carbonyl (C=O) groups is 1. The van der Waals surface area contributed by atoms with E-state index in [0.29, 0.717) is 28.7 Å². The summed E-state index contributed by atoms with van der Waals surface area (Å²) in [6, 6.07) is 21.3. The molecule has 4 nitrogen and oxygen atoms in total. The molecule has 3 aromatic carbocycles. The molecule has 0 aromatic heterocycles. The number of para-hydroxylation sites is 1. The normalized spacial score (nSPS) is 17.6. The number of anilines is 2. The first-order valence-corrected chi connectivity index (χ1v) is 11.5. The third-order valence-corrected chi connectivity index (χ3v) is 6.77. The molecule has 0 spiro atoms. The predicted octanol–water partition coefficient (Wildman–Crippen LogP) is 6.65. The van der Waals surface area contributed by atoms with Gasteiger partial charge in [0, 0.05) is 28.1 Å². The fraction of sp³-hybridized carbons (Fsp3) is 0.167. The first kappa shape index (κ1) is 20.6. The van der Waals surface area contributed by atoms with Crippen LogP contribution >= 0.6 is 39.1 Å². The average molecular weight is 515 g/mol. The second kappa shape index (κ2) is 8.30. The van der Waals surface area contributed by atoms with Crippen molar-refractivity contribution in [1.82, 2.24) is 0 Å². The van der Waals surface area contributed by atoms with Crippen molar-refractivity contribution in [1.29, 1.82) is 0 Å². The van der Waals surface area contributed by atoms with E-state index in [-0.39, 0.29) is 11.9 Å². The largest absolute Gasteiger partial charge is 0.307 e. The second-order valence-corrected chi connectivity index (χ2v) is 9.35. The van der Waals surface area contributed by atoms with Gasteiger partial charge < -0.3 is 4.90 Å². The zero-order valence-corrected chi connectivity index (χ0v) is 19.5. The number of halogens is 3. The van der Waals surface area contributed by atoms with Gasteiger partial charge in [-0.1, -0.05) is 69.5 Å². The number of hydrogen-bond donors (Lipinski definition) is 0. The maximum Gasteiger partial charge on any atom is 0.274 e. The topological polar surface area (TPSA) is 35.9 Å². The number of hydrazone groups is 1. The standard InChI is InChI=1S/C24H18BrCl2N3O/c25-17-7-5-16(6-8-17)23-14-20(28-30(23)22-10-9-18(26)13-19(22)27)24(31)29-12-11-15-3-1-2-4-21(15)29/h1-10,13,23H,11-12,14H2. The van der Waals surface area contributed by atoms with Gasteiger partial charge in [-0.2, -0.15) is 5.10 Å². The van der Waals surface area contributed by atoms with E-state index in [0.717, 1.165) is 27.8 Å². The molecule has 0 bridgehead atoms. The Morgan fingerprint density at radius 3 is 2.55 bits per heavy atom. The summed E-state index contributed by atoms with van der Waals surface area (Å²) in [4.78, 5) is 15.3. The van der Waals surface area contributed by atoms with Crippen molar-refractivity contribution in [2.24, 2.45) is 5.10 Å². The third kappa shape index (κ3) is 3.86. The van der Waals surface area contributed by atoms with Crippen LogP contribution in [0.1, 0.15) is 23.6 Å². The molecule has 0 fully saturated rings. The van der Waals surface area contributed by atoms with Crippen molar-refractivity contribution in [3.8, 4) is 0 Å². The van der Waals surface area contributed by atoms with Crippen molar-refractivity contribution in [2.75, 3.05) is 16.5 Å². The molecule has 0 saturated carbocycles. The van der Waals surface area contributed by atoms with Gasteiger partial charge >= 0.3 is 0 Å². The highest BCUT2D eigenvalue weighted by molar-refractivity contribution is 9.10. The van der Waals surface area contributed by atoms with Gasteiger partial charge in [0.25, 0.3) is 5.91 Å². The van der Waals surface area contributed by atoms with Gasteiger partial charge in [-0.05, 0) is 53.9 Å². The number of benzene rings is 3. The van der Waals surface area contributed by atoms with E-state index < -0.39 is 0 Å². The molecule has 5 rings (SSSR count). The van der Waals surface area contributed by atoms with Gasteiger partial charge in [0.15, 0.2) is 0 Å². The SMILES string of the molecule is O=C(C1=NN(c2ccc(Cl)cc2Cl)C(c2ccc(Br)cc2)C1)N1CCc2ccccc21. The van der Waals surface area contributed by atoms with E-state index in [1.165, 1.54) is 5.56 Å². The molecular weight excluding hydrogens is 497 g/mol. The highest BCUT2D eigenvalue weighted by Crippen LogP contribution is 2.40. The first-order chi connectivity index (χ1) is 15.0. The average Bonchev–Trinajstić information content (AvgIpc) is 3.39. The van der Waals surface area contributed by atoms with Gasteiger partial charge in [-0.25, -0.2) is 0 Å². The van der Waals surface area contributed by atoms with Gasteiger partial charge in [0.05, 0.1) is 16.8 Å². The van der Waals surface area contributed by atoms with Crippen LogP contribution in [0.3, 0.4) is 0 Å². The molecule has 156 valence electrons. The van der Waals surface area contributed by atoms with Crippen molar-refractivity contribution >= 4 is 62.1 Å². The minimum absolute atomic E-state index is 0.0559. The number of hydrogen-bond acceptors (Lipinski definition) is 3. The van der Waals surface area contributed by atoms with Crippen LogP contribution in [0.25, 0.3) is 0 Å². The van der Waals surface area contributed by atoms with Crippen molar-refractivity contribution < 1.29 is 4.79 Å². The summed E-state index contributed by atoms with van der Waals surface area (Å²) >= 11 is 16.1.